The molecule has 0 radical (unpaired) electrons. The summed E-state index contributed by atoms with van der Waals surface area (Å²) >= 11 is 0. The molecule has 3 aromatic rings. The summed E-state index contributed by atoms with van der Waals surface area (Å²) in [7, 11) is 2.00. The number of hydrogen-bond donors (Lipinski definition) is 0. The molecule has 0 atom stereocenters. The maximum atomic E-state index is 13.8. The van der Waals surface area contributed by atoms with E-state index in [4.69, 9.17) is 0 Å². The van der Waals surface area contributed by atoms with E-state index in [0.717, 1.165) is 19.2 Å². The minimum atomic E-state index is -4.47. The molecule has 1 saturated heterocycles. The van der Waals surface area contributed by atoms with E-state index in [2.05, 4.69) is 15.0 Å². The average Bonchev–Trinajstić information content (AvgIpc) is 2.98. The fourth-order valence-corrected chi connectivity index (χ4v) is 3.45. The Balaban J connectivity index is 1.93. The first kappa shape index (κ1) is 17.8. The summed E-state index contributed by atoms with van der Waals surface area (Å²) in [4.78, 5) is 8.66. The minimum absolute atomic E-state index is 0.0595. The van der Waals surface area contributed by atoms with Gasteiger partial charge in [-0.2, -0.15) is 18.3 Å². The number of rotatable bonds is 2. The van der Waals surface area contributed by atoms with E-state index in [0.29, 0.717) is 30.3 Å². The van der Waals surface area contributed by atoms with Crippen LogP contribution in [0.3, 0.4) is 0 Å². The Hall–Kier alpha value is -2.61. The van der Waals surface area contributed by atoms with Gasteiger partial charge in [0.05, 0.1) is 22.3 Å². The highest BCUT2D eigenvalue weighted by Gasteiger charge is 2.36. The molecule has 0 amide bonds. The van der Waals surface area contributed by atoms with Crippen LogP contribution in [0.1, 0.15) is 11.3 Å². The summed E-state index contributed by atoms with van der Waals surface area (Å²) in [6, 6.07) is 10.3. The smallest absolute Gasteiger partial charge is 0.354 e. The molecule has 2 aromatic heterocycles. The van der Waals surface area contributed by atoms with Gasteiger partial charge in [-0.1, -0.05) is 18.2 Å². The maximum Gasteiger partial charge on any atom is 0.417 e. The van der Waals surface area contributed by atoms with Gasteiger partial charge >= 0.3 is 6.18 Å². The topological polar surface area (TPSA) is 37.2 Å². The van der Waals surface area contributed by atoms with Crippen LogP contribution in [0.5, 0.6) is 0 Å². The Morgan fingerprint density at radius 3 is 2.30 bits per heavy atom. The molecule has 1 fully saturated rings. The predicted molar refractivity (Wildman–Crippen MR) is 98.3 cm³/mol. The highest BCUT2D eigenvalue weighted by atomic mass is 19.4. The molecule has 0 aliphatic carbocycles. The van der Waals surface area contributed by atoms with E-state index in [-0.39, 0.29) is 11.0 Å². The SMILES string of the molecule is Cc1nn(-c2ccccc2)c2nc(N3CCN(C)CC3)cc(C(F)(F)F)c12. The molecule has 27 heavy (non-hydrogen) atoms. The van der Waals surface area contributed by atoms with Gasteiger partial charge in [-0.25, -0.2) is 9.67 Å². The van der Waals surface area contributed by atoms with E-state index in [1.165, 1.54) is 4.68 Å². The second kappa shape index (κ2) is 6.53. The van der Waals surface area contributed by atoms with Gasteiger partial charge in [0, 0.05) is 26.2 Å². The number of benzene rings is 1. The number of likely N-dealkylation sites (N-methyl/N-ethyl adjacent to an activating group) is 1. The molecule has 1 aromatic carbocycles. The van der Waals surface area contributed by atoms with E-state index >= 15 is 0 Å². The summed E-state index contributed by atoms with van der Waals surface area (Å²) in [6.07, 6.45) is -4.47. The number of pyridine rings is 1. The third-order valence-electron chi connectivity index (χ3n) is 4.93. The van der Waals surface area contributed by atoms with Gasteiger partial charge in [-0.15, -0.1) is 0 Å². The third-order valence-corrected chi connectivity index (χ3v) is 4.93. The van der Waals surface area contributed by atoms with Gasteiger partial charge in [0.1, 0.15) is 5.82 Å². The number of fused-ring (bicyclic) bond motifs is 1. The number of anilines is 1. The van der Waals surface area contributed by atoms with Crippen LogP contribution in [0.25, 0.3) is 16.7 Å². The molecule has 0 saturated carbocycles. The van der Waals surface area contributed by atoms with Crippen LogP contribution in [0.4, 0.5) is 19.0 Å². The van der Waals surface area contributed by atoms with Gasteiger partial charge in [0.2, 0.25) is 0 Å². The van der Waals surface area contributed by atoms with Crippen molar-refractivity contribution >= 4 is 16.9 Å². The lowest BCUT2D eigenvalue weighted by Gasteiger charge is -2.33. The maximum absolute atomic E-state index is 13.8. The van der Waals surface area contributed by atoms with Crippen molar-refractivity contribution < 1.29 is 13.2 Å². The fourth-order valence-electron chi connectivity index (χ4n) is 3.45. The number of nitrogens with zero attached hydrogens (tertiary/aromatic N) is 5. The molecule has 142 valence electrons. The van der Waals surface area contributed by atoms with E-state index in [1.807, 2.05) is 42.3 Å². The summed E-state index contributed by atoms with van der Waals surface area (Å²) < 4.78 is 43.0. The molecule has 3 heterocycles. The summed E-state index contributed by atoms with van der Waals surface area (Å²) in [5.74, 6) is 0.347. The molecule has 5 nitrogen and oxygen atoms in total. The Morgan fingerprint density at radius 1 is 1.00 bits per heavy atom. The zero-order valence-electron chi connectivity index (χ0n) is 15.2. The normalized spacial score (nSPS) is 16.3. The molecule has 8 heteroatoms. The Labute approximate surface area is 155 Å². The first-order chi connectivity index (χ1) is 12.8. The standard InChI is InChI=1S/C19H20F3N5/c1-13-17-15(19(20,21)22)12-16(26-10-8-25(2)9-11-26)23-18(17)27(24-13)14-6-4-3-5-7-14/h3-7,12H,8-11H2,1-2H3. The zero-order valence-corrected chi connectivity index (χ0v) is 15.2. The Kier molecular flexibility index (Phi) is 4.30. The lowest BCUT2D eigenvalue weighted by Crippen LogP contribution is -2.44. The second-order valence-corrected chi connectivity index (χ2v) is 6.85. The fraction of sp³-hybridized carbons (Fsp3) is 0.368. The van der Waals surface area contributed by atoms with Crippen molar-refractivity contribution in [1.29, 1.82) is 0 Å². The monoisotopic (exact) mass is 375 g/mol. The number of hydrogen-bond acceptors (Lipinski definition) is 4. The molecule has 0 unspecified atom stereocenters. The van der Waals surface area contributed by atoms with Crippen LogP contribution in [0.2, 0.25) is 0 Å². The summed E-state index contributed by atoms with van der Waals surface area (Å²) in [5, 5.41) is 4.42. The van der Waals surface area contributed by atoms with Crippen LogP contribution >= 0.6 is 0 Å². The molecule has 1 aliphatic heterocycles. The van der Waals surface area contributed by atoms with Crippen molar-refractivity contribution in [2.24, 2.45) is 0 Å². The van der Waals surface area contributed by atoms with Crippen LogP contribution < -0.4 is 4.90 Å². The summed E-state index contributed by atoms with van der Waals surface area (Å²) in [5.41, 5.74) is 0.564. The third kappa shape index (κ3) is 3.25. The summed E-state index contributed by atoms with van der Waals surface area (Å²) in [6.45, 7) is 4.46. The largest absolute Gasteiger partial charge is 0.417 e. The number of aromatic nitrogens is 3. The lowest BCUT2D eigenvalue weighted by molar-refractivity contribution is -0.136. The van der Waals surface area contributed by atoms with Gasteiger partial charge in [-0.05, 0) is 32.2 Å². The first-order valence-electron chi connectivity index (χ1n) is 8.81. The molecule has 0 spiro atoms. The molecule has 4 rings (SSSR count). The molecule has 0 bridgehead atoms. The van der Waals surface area contributed by atoms with Gasteiger partial charge < -0.3 is 9.80 Å². The molecular formula is C19H20F3N5. The Morgan fingerprint density at radius 2 is 1.67 bits per heavy atom. The van der Waals surface area contributed by atoms with Crippen molar-refractivity contribution in [3.63, 3.8) is 0 Å². The number of para-hydroxylation sites is 1. The quantitative estimate of drug-likeness (QED) is 0.687. The van der Waals surface area contributed by atoms with Gasteiger partial charge in [-0.3, -0.25) is 0 Å². The van der Waals surface area contributed by atoms with Crippen molar-refractivity contribution in [3.8, 4) is 5.69 Å². The molecule has 1 aliphatic rings. The van der Waals surface area contributed by atoms with E-state index < -0.39 is 11.7 Å². The number of alkyl halides is 3. The van der Waals surface area contributed by atoms with Crippen LogP contribution in [0.15, 0.2) is 36.4 Å². The van der Waals surface area contributed by atoms with E-state index in [1.54, 1.807) is 6.92 Å². The molecular weight excluding hydrogens is 355 g/mol. The Bertz CT molecular complexity index is 957. The van der Waals surface area contributed by atoms with Crippen LogP contribution in [0, 0.1) is 6.92 Å². The van der Waals surface area contributed by atoms with Crippen molar-refractivity contribution in [2.75, 3.05) is 38.1 Å². The first-order valence-corrected chi connectivity index (χ1v) is 8.81. The van der Waals surface area contributed by atoms with Crippen molar-refractivity contribution in [2.45, 2.75) is 13.1 Å². The van der Waals surface area contributed by atoms with E-state index in [9.17, 15) is 13.2 Å². The minimum Gasteiger partial charge on any atom is -0.354 e. The number of aryl methyl sites for hydroxylation is 1. The molecule has 0 N–H and O–H groups in total. The van der Waals surface area contributed by atoms with Crippen molar-refractivity contribution in [1.82, 2.24) is 19.7 Å². The van der Waals surface area contributed by atoms with Crippen LogP contribution in [-0.2, 0) is 6.18 Å². The number of piperazine rings is 1. The highest BCUT2D eigenvalue weighted by Crippen LogP contribution is 2.38. The van der Waals surface area contributed by atoms with Crippen molar-refractivity contribution in [3.05, 3.63) is 47.7 Å². The lowest BCUT2D eigenvalue weighted by atomic mass is 10.1. The second-order valence-electron chi connectivity index (χ2n) is 6.85. The average molecular weight is 375 g/mol. The van der Waals surface area contributed by atoms with Crippen LogP contribution in [-0.4, -0.2) is 52.9 Å². The van der Waals surface area contributed by atoms with Gasteiger partial charge in [0.15, 0.2) is 5.65 Å². The highest BCUT2D eigenvalue weighted by molar-refractivity contribution is 5.86. The number of halogens is 3. The predicted octanol–water partition coefficient (Wildman–Crippen LogP) is 3.50. The zero-order chi connectivity index (χ0) is 19.2. The van der Waals surface area contributed by atoms with Gasteiger partial charge in [0.25, 0.3) is 0 Å².